The average molecular weight is 219 g/mol. The Morgan fingerprint density at radius 1 is 1.31 bits per heavy atom. The van der Waals surface area contributed by atoms with Crippen molar-refractivity contribution in [2.45, 2.75) is 32.6 Å². The SMILES string of the molecule is CCOC(=O)C1=C(n2cccc2)CCCC1. The molecule has 0 saturated carbocycles. The van der Waals surface area contributed by atoms with Crippen LogP contribution in [0.5, 0.6) is 0 Å². The largest absolute Gasteiger partial charge is 0.463 e. The number of nitrogens with zero attached hydrogens (tertiary/aromatic N) is 1. The van der Waals surface area contributed by atoms with Crippen molar-refractivity contribution in [3.63, 3.8) is 0 Å². The molecule has 0 aromatic carbocycles. The van der Waals surface area contributed by atoms with Crippen molar-refractivity contribution < 1.29 is 9.53 Å². The lowest BCUT2D eigenvalue weighted by Gasteiger charge is -2.20. The van der Waals surface area contributed by atoms with Gasteiger partial charge in [0, 0.05) is 18.1 Å². The van der Waals surface area contributed by atoms with E-state index < -0.39 is 0 Å². The topological polar surface area (TPSA) is 31.2 Å². The summed E-state index contributed by atoms with van der Waals surface area (Å²) in [6, 6.07) is 3.95. The molecule has 0 spiro atoms. The van der Waals surface area contributed by atoms with Crippen molar-refractivity contribution in [1.29, 1.82) is 0 Å². The molecule has 0 radical (unpaired) electrons. The molecule has 1 heterocycles. The van der Waals surface area contributed by atoms with Crippen LogP contribution in [-0.4, -0.2) is 17.1 Å². The maximum atomic E-state index is 11.8. The molecular formula is C13H17NO2. The third-order valence-corrected chi connectivity index (χ3v) is 2.88. The molecule has 0 saturated heterocycles. The van der Waals surface area contributed by atoms with Gasteiger partial charge in [-0.25, -0.2) is 4.79 Å². The molecule has 0 unspecified atom stereocenters. The number of rotatable bonds is 3. The molecule has 1 aromatic heterocycles. The lowest BCUT2D eigenvalue weighted by Crippen LogP contribution is -2.15. The Labute approximate surface area is 95.7 Å². The van der Waals surface area contributed by atoms with Gasteiger partial charge in [0.15, 0.2) is 0 Å². The first-order chi connectivity index (χ1) is 7.83. The smallest absolute Gasteiger partial charge is 0.335 e. The van der Waals surface area contributed by atoms with Crippen LogP contribution in [0.25, 0.3) is 5.70 Å². The fourth-order valence-corrected chi connectivity index (χ4v) is 2.13. The first kappa shape index (κ1) is 11.0. The summed E-state index contributed by atoms with van der Waals surface area (Å²) >= 11 is 0. The average Bonchev–Trinajstić information content (AvgIpc) is 2.83. The first-order valence-corrected chi connectivity index (χ1v) is 5.85. The van der Waals surface area contributed by atoms with Gasteiger partial charge in [-0.3, -0.25) is 0 Å². The van der Waals surface area contributed by atoms with Crippen LogP contribution in [0.1, 0.15) is 32.6 Å². The van der Waals surface area contributed by atoms with Gasteiger partial charge in [-0.05, 0) is 44.7 Å². The summed E-state index contributed by atoms with van der Waals surface area (Å²) in [5.74, 6) is -0.147. The Kier molecular flexibility index (Phi) is 3.44. The van der Waals surface area contributed by atoms with E-state index >= 15 is 0 Å². The van der Waals surface area contributed by atoms with E-state index in [1.165, 1.54) is 0 Å². The van der Waals surface area contributed by atoms with E-state index in [1.54, 1.807) is 0 Å². The van der Waals surface area contributed by atoms with Gasteiger partial charge in [0.1, 0.15) is 0 Å². The minimum atomic E-state index is -0.147. The van der Waals surface area contributed by atoms with E-state index in [0.717, 1.165) is 37.0 Å². The summed E-state index contributed by atoms with van der Waals surface area (Å²) in [6.45, 7) is 2.29. The highest BCUT2D eigenvalue weighted by atomic mass is 16.5. The van der Waals surface area contributed by atoms with Crippen LogP contribution < -0.4 is 0 Å². The lowest BCUT2D eigenvalue weighted by atomic mass is 9.96. The number of carbonyl (C=O) groups is 1. The zero-order valence-electron chi connectivity index (χ0n) is 9.61. The van der Waals surface area contributed by atoms with Gasteiger partial charge in [0.2, 0.25) is 0 Å². The minimum Gasteiger partial charge on any atom is -0.463 e. The quantitative estimate of drug-likeness (QED) is 0.732. The second kappa shape index (κ2) is 5.01. The number of allylic oxidation sites excluding steroid dienone is 1. The molecule has 3 heteroatoms. The van der Waals surface area contributed by atoms with Crippen LogP contribution in [-0.2, 0) is 9.53 Å². The molecule has 86 valence electrons. The summed E-state index contributed by atoms with van der Waals surface area (Å²) in [7, 11) is 0. The van der Waals surface area contributed by atoms with Crippen LogP contribution in [0.2, 0.25) is 0 Å². The monoisotopic (exact) mass is 219 g/mol. The normalized spacial score (nSPS) is 16.3. The Morgan fingerprint density at radius 3 is 2.69 bits per heavy atom. The van der Waals surface area contributed by atoms with Gasteiger partial charge in [-0.15, -0.1) is 0 Å². The number of hydrogen-bond donors (Lipinski definition) is 0. The molecule has 1 aliphatic rings. The molecule has 0 aliphatic heterocycles. The van der Waals surface area contributed by atoms with Crippen molar-refractivity contribution in [1.82, 2.24) is 4.57 Å². The van der Waals surface area contributed by atoms with Crippen molar-refractivity contribution >= 4 is 11.7 Å². The summed E-state index contributed by atoms with van der Waals surface area (Å²) in [5.41, 5.74) is 1.96. The third kappa shape index (κ3) is 2.18. The molecule has 0 fully saturated rings. The molecular weight excluding hydrogens is 202 g/mol. The molecule has 16 heavy (non-hydrogen) atoms. The van der Waals surface area contributed by atoms with Crippen LogP contribution >= 0.6 is 0 Å². The molecule has 1 aliphatic carbocycles. The second-order valence-electron chi connectivity index (χ2n) is 3.94. The van der Waals surface area contributed by atoms with Crippen LogP contribution in [0.15, 0.2) is 30.1 Å². The molecule has 0 amide bonds. The van der Waals surface area contributed by atoms with Gasteiger partial charge in [-0.1, -0.05) is 0 Å². The number of hydrogen-bond acceptors (Lipinski definition) is 2. The number of carbonyl (C=O) groups excluding carboxylic acids is 1. The van der Waals surface area contributed by atoms with E-state index in [0.29, 0.717) is 6.61 Å². The molecule has 0 atom stereocenters. The molecule has 2 rings (SSSR count). The van der Waals surface area contributed by atoms with Crippen LogP contribution in [0, 0.1) is 0 Å². The highest BCUT2D eigenvalue weighted by molar-refractivity contribution is 5.94. The fourth-order valence-electron chi connectivity index (χ4n) is 2.13. The number of esters is 1. The zero-order chi connectivity index (χ0) is 11.4. The van der Waals surface area contributed by atoms with E-state index in [9.17, 15) is 4.79 Å². The van der Waals surface area contributed by atoms with Crippen molar-refractivity contribution in [2.75, 3.05) is 6.61 Å². The third-order valence-electron chi connectivity index (χ3n) is 2.88. The zero-order valence-corrected chi connectivity index (χ0v) is 9.61. The predicted octanol–water partition coefficient (Wildman–Crippen LogP) is 2.84. The van der Waals surface area contributed by atoms with Crippen LogP contribution in [0.3, 0.4) is 0 Å². The van der Waals surface area contributed by atoms with Gasteiger partial charge < -0.3 is 9.30 Å². The number of ether oxygens (including phenoxy) is 1. The van der Waals surface area contributed by atoms with E-state index in [-0.39, 0.29) is 5.97 Å². The molecule has 0 N–H and O–H groups in total. The summed E-state index contributed by atoms with van der Waals surface area (Å²) in [5, 5.41) is 0. The van der Waals surface area contributed by atoms with Crippen molar-refractivity contribution in [3.8, 4) is 0 Å². The van der Waals surface area contributed by atoms with Gasteiger partial charge in [0.25, 0.3) is 0 Å². The molecule has 0 bridgehead atoms. The lowest BCUT2D eigenvalue weighted by molar-refractivity contribution is -0.138. The van der Waals surface area contributed by atoms with Crippen molar-refractivity contribution in [3.05, 3.63) is 30.1 Å². The van der Waals surface area contributed by atoms with E-state index in [2.05, 4.69) is 0 Å². The molecule has 1 aromatic rings. The Morgan fingerprint density at radius 2 is 2.00 bits per heavy atom. The van der Waals surface area contributed by atoms with E-state index in [1.807, 2.05) is 36.0 Å². The summed E-state index contributed by atoms with van der Waals surface area (Å²) in [6.07, 6.45) is 8.00. The van der Waals surface area contributed by atoms with Gasteiger partial charge in [-0.2, -0.15) is 0 Å². The maximum absolute atomic E-state index is 11.8. The standard InChI is InChI=1S/C13H17NO2/c1-2-16-13(15)11-7-3-4-8-12(11)14-9-5-6-10-14/h5-6,9-10H,2-4,7-8H2,1H3. The Hall–Kier alpha value is -1.51. The van der Waals surface area contributed by atoms with Gasteiger partial charge in [0.05, 0.1) is 12.2 Å². The Balaban J connectivity index is 2.31. The fraction of sp³-hybridized carbons (Fsp3) is 0.462. The molecule has 3 nitrogen and oxygen atoms in total. The van der Waals surface area contributed by atoms with Crippen LogP contribution in [0.4, 0.5) is 0 Å². The highest BCUT2D eigenvalue weighted by Crippen LogP contribution is 2.29. The Bertz CT molecular complexity index is 390. The number of aromatic nitrogens is 1. The highest BCUT2D eigenvalue weighted by Gasteiger charge is 2.20. The minimum absolute atomic E-state index is 0.147. The summed E-state index contributed by atoms with van der Waals surface area (Å²) < 4.78 is 7.13. The maximum Gasteiger partial charge on any atom is 0.335 e. The summed E-state index contributed by atoms with van der Waals surface area (Å²) in [4.78, 5) is 11.8. The second-order valence-corrected chi connectivity index (χ2v) is 3.94. The van der Waals surface area contributed by atoms with Crippen molar-refractivity contribution in [2.24, 2.45) is 0 Å². The van der Waals surface area contributed by atoms with E-state index in [4.69, 9.17) is 4.74 Å². The predicted molar refractivity (Wildman–Crippen MR) is 62.7 cm³/mol. The van der Waals surface area contributed by atoms with Gasteiger partial charge >= 0.3 is 5.97 Å². The first-order valence-electron chi connectivity index (χ1n) is 5.85.